The predicted molar refractivity (Wildman–Crippen MR) is 63.2 cm³/mol. The van der Waals surface area contributed by atoms with Crippen LogP contribution in [-0.4, -0.2) is 24.3 Å². The van der Waals surface area contributed by atoms with Crippen LogP contribution in [0.5, 0.6) is 0 Å². The van der Waals surface area contributed by atoms with Crippen LogP contribution in [0.25, 0.3) is 0 Å². The van der Waals surface area contributed by atoms with E-state index in [1.165, 1.54) is 6.42 Å². The van der Waals surface area contributed by atoms with Crippen molar-refractivity contribution in [3.63, 3.8) is 0 Å². The Hall–Kier alpha value is -0.570. The van der Waals surface area contributed by atoms with E-state index in [2.05, 4.69) is 6.92 Å². The fraction of sp³-hybridized carbons (Fsp3) is 0.923. The number of carbonyl (C=O) groups is 1. The van der Waals surface area contributed by atoms with Crippen LogP contribution in [0, 0.1) is 5.92 Å². The van der Waals surface area contributed by atoms with Gasteiger partial charge in [0.15, 0.2) is 0 Å². The first kappa shape index (κ1) is 13.5. The van der Waals surface area contributed by atoms with Crippen molar-refractivity contribution < 1.29 is 14.3 Å². The molecule has 0 aromatic carbocycles. The van der Waals surface area contributed by atoms with Gasteiger partial charge in [-0.3, -0.25) is 4.79 Å². The number of hydrogen-bond donors (Lipinski definition) is 0. The van der Waals surface area contributed by atoms with Crippen molar-refractivity contribution in [3.05, 3.63) is 0 Å². The average Bonchev–Trinajstić information content (AvgIpc) is 2.05. The van der Waals surface area contributed by atoms with E-state index in [9.17, 15) is 4.79 Å². The van der Waals surface area contributed by atoms with Crippen molar-refractivity contribution in [1.82, 2.24) is 0 Å². The lowest BCUT2D eigenvalue weighted by atomic mass is 9.80. The molecule has 0 heterocycles. The summed E-state index contributed by atoms with van der Waals surface area (Å²) in [4.78, 5) is 11.4. The lowest BCUT2D eigenvalue weighted by molar-refractivity contribution is -0.157. The highest BCUT2D eigenvalue weighted by molar-refractivity contribution is 5.69. The summed E-state index contributed by atoms with van der Waals surface area (Å²) in [6.07, 6.45) is 4.30. The van der Waals surface area contributed by atoms with Gasteiger partial charge in [-0.15, -0.1) is 0 Å². The summed E-state index contributed by atoms with van der Waals surface area (Å²) >= 11 is 0. The first-order valence-corrected chi connectivity index (χ1v) is 6.24. The summed E-state index contributed by atoms with van der Waals surface area (Å²) in [6, 6.07) is 0. The molecule has 1 aliphatic carbocycles. The van der Waals surface area contributed by atoms with Crippen molar-refractivity contribution >= 4 is 5.97 Å². The first-order chi connectivity index (χ1) is 7.40. The Morgan fingerprint density at radius 1 is 1.31 bits per heavy atom. The molecule has 94 valence electrons. The van der Waals surface area contributed by atoms with Gasteiger partial charge in [0.2, 0.25) is 0 Å². The molecule has 0 spiro atoms. The minimum atomic E-state index is -0.388. The smallest absolute Gasteiger partial charge is 0.308 e. The Balaban J connectivity index is 2.02. The van der Waals surface area contributed by atoms with Crippen LogP contribution >= 0.6 is 0 Å². The number of esters is 1. The molecular weight excluding hydrogens is 204 g/mol. The zero-order chi connectivity index (χ0) is 12.2. The standard InChI is InChI=1S/C13H24O3/c1-5-10-8-11(9-10)15-7-6-12(14)16-13(2,3)4/h10-11H,5-9H2,1-4H3/t10-,11-. The molecule has 0 aromatic heterocycles. The summed E-state index contributed by atoms with van der Waals surface area (Å²) in [5, 5.41) is 0. The first-order valence-electron chi connectivity index (χ1n) is 6.24. The van der Waals surface area contributed by atoms with Crippen LogP contribution in [0.1, 0.15) is 53.4 Å². The zero-order valence-corrected chi connectivity index (χ0v) is 10.9. The molecule has 0 aromatic rings. The molecule has 0 bridgehead atoms. The molecule has 16 heavy (non-hydrogen) atoms. The summed E-state index contributed by atoms with van der Waals surface area (Å²) in [6.45, 7) is 8.34. The van der Waals surface area contributed by atoms with Gasteiger partial charge >= 0.3 is 5.97 Å². The molecular formula is C13H24O3. The molecule has 0 aliphatic heterocycles. The third kappa shape index (κ3) is 4.97. The second-order valence-electron chi connectivity index (χ2n) is 5.57. The zero-order valence-electron chi connectivity index (χ0n) is 10.9. The fourth-order valence-corrected chi connectivity index (χ4v) is 1.85. The van der Waals surface area contributed by atoms with Crippen LogP contribution in [-0.2, 0) is 14.3 Å². The fourth-order valence-electron chi connectivity index (χ4n) is 1.85. The van der Waals surface area contributed by atoms with Gasteiger partial charge in [0.25, 0.3) is 0 Å². The Morgan fingerprint density at radius 2 is 1.94 bits per heavy atom. The SMILES string of the molecule is CC[C@H]1C[C@H](OCCC(=O)OC(C)(C)C)C1. The Morgan fingerprint density at radius 3 is 2.44 bits per heavy atom. The largest absolute Gasteiger partial charge is 0.460 e. The molecule has 0 radical (unpaired) electrons. The lowest BCUT2D eigenvalue weighted by Gasteiger charge is -2.34. The number of carbonyl (C=O) groups excluding carboxylic acids is 1. The maximum absolute atomic E-state index is 11.4. The van der Waals surface area contributed by atoms with Gasteiger partial charge in [0.1, 0.15) is 5.60 Å². The van der Waals surface area contributed by atoms with Gasteiger partial charge in [-0.05, 0) is 39.5 Å². The molecule has 3 nitrogen and oxygen atoms in total. The van der Waals surface area contributed by atoms with Gasteiger partial charge in [-0.1, -0.05) is 13.3 Å². The van der Waals surface area contributed by atoms with E-state index < -0.39 is 0 Å². The summed E-state index contributed by atoms with van der Waals surface area (Å²) in [5.41, 5.74) is -0.388. The lowest BCUT2D eigenvalue weighted by Crippen LogP contribution is -2.32. The van der Waals surface area contributed by atoms with Gasteiger partial charge in [-0.25, -0.2) is 0 Å². The van der Waals surface area contributed by atoms with E-state index in [0.29, 0.717) is 19.1 Å². The molecule has 1 saturated carbocycles. The topological polar surface area (TPSA) is 35.5 Å². The predicted octanol–water partition coefficient (Wildman–Crippen LogP) is 2.92. The van der Waals surface area contributed by atoms with E-state index in [4.69, 9.17) is 9.47 Å². The van der Waals surface area contributed by atoms with Gasteiger partial charge in [0.05, 0.1) is 19.1 Å². The summed E-state index contributed by atoms with van der Waals surface area (Å²) in [7, 11) is 0. The molecule has 0 unspecified atom stereocenters. The second kappa shape index (κ2) is 5.67. The van der Waals surface area contributed by atoms with Crippen LogP contribution in [0.2, 0.25) is 0 Å². The Bertz CT molecular complexity index is 224. The van der Waals surface area contributed by atoms with Crippen molar-refractivity contribution in [3.8, 4) is 0 Å². The van der Waals surface area contributed by atoms with Crippen molar-refractivity contribution in [2.75, 3.05) is 6.61 Å². The van der Waals surface area contributed by atoms with Crippen molar-refractivity contribution in [2.45, 2.75) is 65.1 Å². The molecule has 0 atom stereocenters. The molecule has 1 aliphatic rings. The van der Waals surface area contributed by atoms with Gasteiger partial charge < -0.3 is 9.47 Å². The maximum Gasteiger partial charge on any atom is 0.308 e. The molecule has 0 saturated heterocycles. The van der Waals surface area contributed by atoms with Crippen LogP contribution in [0.3, 0.4) is 0 Å². The third-order valence-electron chi connectivity index (χ3n) is 2.85. The highest BCUT2D eigenvalue weighted by Crippen LogP contribution is 2.32. The molecule has 3 heteroatoms. The Labute approximate surface area is 98.5 Å². The number of ether oxygens (including phenoxy) is 2. The third-order valence-corrected chi connectivity index (χ3v) is 2.85. The molecule has 0 N–H and O–H groups in total. The summed E-state index contributed by atoms with van der Waals surface area (Å²) in [5.74, 6) is 0.672. The average molecular weight is 228 g/mol. The molecule has 1 rings (SSSR count). The monoisotopic (exact) mass is 228 g/mol. The maximum atomic E-state index is 11.4. The highest BCUT2D eigenvalue weighted by atomic mass is 16.6. The molecule has 1 fully saturated rings. The highest BCUT2D eigenvalue weighted by Gasteiger charge is 2.28. The van der Waals surface area contributed by atoms with E-state index in [0.717, 1.165) is 18.8 Å². The van der Waals surface area contributed by atoms with Crippen LogP contribution in [0.15, 0.2) is 0 Å². The van der Waals surface area contributed by atoms with E-state index >= 15 is 0 Å². The summed E-state index contributed by atoms with van der Waals surface area (Å²) < 4.78 is 10.8. The van der Waals surface area contributed by atoms with E-state index in [1.807, 2.05) is 20.8 Å². The van der Waals surface area contributed by atoms with Crippen molar-refractivity contribution in [2.24, 2.45) is 5.92 Å². The quantitative estimate of drug-likeness (QED) is 0.679. The minimum Gasteiger partial charge on any atom is -0.460 e. The number of hydrogen-bond acceptors (Lipinski definition) is 3. The minimum absolute atomic E-state index is 0.168. The van der Waals surface area contributed by atoms with Crippen LogP contribution in [0.4, 0.5) is 0 Å². The van der Waals surface area contributed by atoms with Gasteiger partial charge in [-0.2, -0.15) is 0 Å². The van der Waals surface area contributed by atoms with Crippen molar-refractivity contribution in [1.29, 1.82) is 0 Å². The van der Waals surface area contributed by atoms with E-state index in [1.54, 1.807) is 0 Å². The Kier molecular flexibility index (Phi) is 4.78. The van der Waals surface area contributed by atoms with E-state index in [-0.39, 0.29) is 11.6 Å². The molecule has 0 amide bonds. The number of rotatable bonds is 5. The normalized spacial score (nSPS) is 25.0. The van der Waals surface area contributed by atoms with Gasteiger partial charge in [0, 0.05) is 0 Å². The van der Waals surface area contributed by atoms with Crippen LogP contribution < -0.4 is 0 Å². The second-order valence-corrected chi connectivity index (χ2v) is 5.57.